The molecule has 0 radical (unpaired) electrons. The summed E-state index contributed by atoms with van der Waals surface area (Å²) in [6, 6.07) is 8.09. The summed E-state index contributed by atoms with van der Waals surface area (Å²) in [6.45, 7) is 18.8. The van der Waals surface area contributed by atoms with Gasteiger partial charge in [-0.05, 0) is 144 Å². The van der Waals surface area contributed by atoms with Crippen LogP contribution in [-0.4, -0.2) is 14.4 Å². The quantitative estimate of drug-likeness (QED) is 0.152. The number of rotatable bonds is 0. The monoisotopic (exact) mass is 872 g/mol. The molecule has 3 heteroatoms. The lowest BCUT2D eigenvalue weighted by Crippen LogP contribution is -2.41. The van der Waals surface area contributed by atoms with Crippen LogP contribution in [0.4, 0.5) is 0 Å². The molecule has 2 aromatic carbocycles. The Bertz CT molecular complexity index is 2710. The van der Waals surface area contributed by atoms with Crippen LogP contribution < -0.4 is 0 Å². The zero-order valence-corrected chi connectivity index (χ0v) is 42.5. The highest BCUT2D eigenvalue weighted by molar-refractivity contribution is 6.33. The second-order valence-electron chi connectivity index (χ2n) is 25.4. The van der Waals surface area contributed by atoms with E-state index in [1.165, 1.54) is 224 Å². The van der Waals surface area contributed by atoms with Crippen LogP contribution in [0.1, 0.15) is 269 Å². The Balaban J connectivity index is 0.00000231. The minimum Gasteiger partial charge on any atom is -0.305 e. The average Bonchev–Trinajstić information content (AvgIpc) is 3.55. The fraction of sp³-hybridized carbons (Fsp3) is 0.677. The Kier molecular flexibility index (Phi) is 11.1. The molecule has 0 bridgehead atoms. The zero-order chi connectivity index (χ0) is 45.0. The molecule has 6 aliphatic rings. The van der Waals surface area contributed by atoms with E-state index in [9.17, 15) is 0 Å². The molecule has 6 aliphatic carbocycles. The molecule has 0 atom stereocenters. The van der Waals surface area contributed by atoms with Crippen molar-refractivity contribution in [2.45, 2.75) is 268 Å². The van der Waals surface area contributed by atoms with Gasteiger partial charge in [-0.2, -0.15) is 0 Å². The summed E-state index contributed by atoms with van der Waals surface area (Å²) in [5, 5.41) is 9.32. The van der Waals surface area contributed by atoms with Crippen LogP contribution in [0.25, 0.3) is 48.9 Å². The second kappa shape index (κ2) is 16.2. The van der Waals surface area contributed by atoms with Crippen LogP contribution in [0.2, 0.25) is 0 Å². The normalized spacial score (nSPS) is 23.4. The summed E-state index contributed by atoms with van der Waals surface area (Å²) in [4.78, 5) is 11.9. The van der Waals surface area contributed by atoms with E-state index < -0.39 is 0 Å². The third-order valence-corrected chi connectivity index (χ3v) is 19.7. The van der Waals surface area contributed by atoms with Crippen molar-refractivity contribution in [1.29, 1.82) is 0 Å². The molecular formula is C62H85N3. The van der Waals surface area contributed by atoms with Crippen LogP contribution in [-0.2, 0) is 32.5 Å². The minimum atomic E-state index is -0.00179. The molecule has 65 heavy (non-hydrogen) atoms. The summed E-state index contributed by atoms with van der Waals surface area (Å²) in [5.74, 6) is 0. The molecule has 6 aromatic rings. The lowest BCUT2D eigenvalue weighted by atomic mass is 9.56. The van der Waals surface area contributed by atoms with Crippen LogP contribution in [0.3, 0.4) is 0 Å². The van der Waals surface area contributed by atoms with Gasteiger partial charge in [0.1, 0.15) is 0 Å². The lowest BCUT2D eigenvalue weighted by molar-refractivity contribution is 0.219. The standard InChI is InChI=1S/C60H79N3.C2H6/c1-55(2,3)40-35-42-41(44(36-40)56(4,5)6)37-43-47-45(38-61-53-50(47)57(23-15-7-8-16-24-57)31-33-59(53)27-19-11-12-20-28-59)63-46-39-62-54-51(49(46)48(42)52(43)63)58(25-17-9-10-18-26-58)32-34-60(54)29-21-13-14-22-30-60;1-2/h35-39H,7-34H2,1-6H3;1-2H3. The number of nitrogens with zero attached hydrogens (tertiary/aromatic N) is 3. The van der Waals surface area contributed by atoms with Gasteiger partial charge in [0, 0.05) is 32.4 Å². The van der Waals surface area contributed by atoms with Gasteiger partial charge in [0.15, 0.2) is 0 Å². The zero-order valence-electron chi connectivity index (χ0n) is 42.5. The van der Waals surface area contributed by atoms with Gasteiger partial charge in [-0.1, -0.05) is 164 Å². The van der Waals surface area contributed by atoms with Gasteiger partial charge in [-0.3, -0.25) is 9.97 Å². The lowest BCUT2D eigenvalue weighted by Gasteiger charge is -2.48. The number of hydrogen-bond acceptors (Lipinski definition) is 2. The highest BCUT2D eigenvalue weighted by Gasteiger charge is 2.51. The van der Waals surface area contributed by atoms with Gasteiger partial charge in [0.05, 0.1) is 40.3 Å². The van der Waals surface area contributed by atoms with Crippen LogP contribution >= 0.6 is 0 Å². The molecule has 0 N–H and O–H groups in total. The van der Waals surface area contributed by atoms with Gasteiger partial charge in [0.25, 0.3) is 0 Å². The molecule has 0 unspecified atom stereocenters. The minimum absolute atomic E-state index is 0.00179. The van der Waals surface area contributed by atoms with Crippen molar-refractivity contribution >= 4 is 48.9 Å². The predicted molar refractivity (Wildman–Crippen MR) is 279 cm³/mol. The highest BCUT2D eigenvalue weighted by atomic mass is 15.0. The van der Waals surface area contributed by atoms with Crippen molar-refractivity contribution < 1.29 is 0 Å². The predicted octanol–water partition coefficient (Wildman–Crippen LogP) is 18.4. The molecule has 3 nitrogen and oxygen atoms in total. The first-order chi connectivity index (χ1) is 31.4. The molecule has 348 valence electrons. The maximum Gasteiger partial charge on any atom is 0.0729 e. The first-order valence-corrected chi connectivity index (χ1v) is 27.9. The van der Waals surface area contributed by atoms with E-state index in [1.807, 2.05) is 13.8 Å². The number of benzene rings is 2. The van der Waals surface area contributed by atoms with E-state index in [-0.39, 0.29) is 32.5 Å². The first-order valence-electron chi connectivity index (χ1n) is 27.9. The van der Waals surface area contributed by atoms with Crippen LogP contribution in [0.15, 0.2) is 30.6 Å². The van der Waals surface area contributed by atoms with Crippen LogP contribution in [0, 0.1) is 0 Å². The van der Waals surface area contributed by atoms with Crippen LogP contribution in [0.5, 0.6) is 0 Å². The maximum atomic E-state index is 5.96. The van der Waals surface area contributed by atoms with Crippen molar-refractivity contribution in [1.82, 2.24) is 14.4 Å². The number of fused-ring (bicyclic) bond motifs is 16. The fourth-order valence-electron chi connectivity index (χ4n) is 16.3. The molecule has 4 fully saturated rings. The Morgan fingerprint density at radius 3 is 1.23 bits per heavy atom. The smallest absolute Gasteiger partial charge is 0.0729 e. The third kappa shape index (κ3) is 6.73. The molecule has 4 spiro atoms. The van der Waals surface area contributed by atoms with Gasteiger partial charge in [-0.25, -0.2) is 0 Å². The van der Waals surface area contributed by atoms with Crippen molar-refractivity contribution in [3.8, 4) is 0 Å². The van der Waals surface area contributed by atoms with Crippen molar-refractivity contribution in [3.05, 3.63) is 64.2 Å². The summed E-state index contributed by atoms with van der Waals surface area (Å²) in [7, 11) is 0. The highest BCUT2D eigenvalue weighted by Crippen LogP contribution is 2.62. The maximum absolute atomic E-state index is 5.96. The van der Waals surface area contributed by atoms with E-state index in [2.05, 4.69) is 76.5 Å². The molecule has 4 aromatic heterocycles. The fourth-order valence-corrected chi connectivity index (χ4v) is 16.3. The number of pyridine rings is 2. The van der Waals surface area contributed by atoms with Gasteiger partial charge in [-0.15, -0.1) is 0 Å². The topological polar surface area (TPSA) is 30.2 Å². The molecular weight excluding hydrogens is 787 g/mol. The largest absolute Gasteiger partial charge is 0.305 e. The molecule has 12 rings (SSSR count). The Hall–Kier alpha value is -3.20. The van der Waals surface area contributed by atoms with E-state index in [0.29, 0.717) is 0 Å². The summed E-state index contributed by atoms with van der Waals surface area (Å²) in [5.41, 5.74) is 14.7. The van der Waals surface area contributed by atoms with E-state index in [1.54, 1.807) is 38.7 Å². The first kappa shape index (κ1) is 44.3. The Morgan fingerprint density at radius 2 is 0.800 bits per heavy atom. The average molecular weight is 872 g/mol. The number of aromatic nitrogens is 3. The molecule has 0 saturated heterocycles. The van der Waals surface area contributed by atoms with E-state index in [4.69, 9.17) is 9.97 Å². The summed E-state index contributed by atoms with van der Waals surface area (Å²) < 4.78 is 2.80. The molecule has 0 amide bonds. The summed E-state index contributed by atoms with van der Waals surface area (Å²) in [6.07, 6.45) is 42.9. The molecule has 0 aliphatic heterocycles. The Morgan fingerprint density at radius 1 is 0.400 bits per heavy atom. The van der Waals surface area contributed by atoms with Crippen molar-refractivity contribution in [3.63, 3.8) is 0 Å². The summed E-state index contributed by atoms with van der Waals surface area (Å²) >= 11 is 0. The van der Waals surface area contributed by atoms with E-state index >= 15 is 0 Å². The second-order valence-corrected chi connectivity index (χ2v) is 25.4. The van der Waals surface area contributed by atoms with Gasteiger partial charge in [0.2, 0.25) is 0 Å². The molecule has 4 saturated carbocycles. The Labute approximate surface area is 393 Å². The van der Waals surface area contributed by atoms with E-state index in [0.717, 1.165) is 0 Å². The van der Waals surface area contributed by atoms with Crippen molar-refractivity contribution in [2.75, 3.05) is 0 Å². The van der Waals surface area contributed by atoms with Gasteiger partial charge >= 0.3 is 0 Å². The molecule has 4 heterocycles. The van der Waals surface area contributed by atoms with Crippen molar-refractivity contribution in [2.24, 2.45) is 0 Å². The number of hydrogen-bond donors (Lipinski definition) is 0. The SMILES string of the molecule is CC.CC(C)(C)c1cc(C(C)(C)C)c2cc3c4c5c(ncc4n4c6cnc7c(c6c(c2c1)c34)C1(CCCCCC1)CCC71CCCCCC1)C1(CCCCCC1)CCC51CCCCCC1. The van der Waals surface area contributed by atoms with Gasteiger partial charge < -0.3 is 4.40 Å². The third-order valence-electron chi connectivity index (χ3n) is 19.7.